The van der Waals surface area contributed by atoms with E-state index in [0.29, 0.717) is 6.54 Å². The molecule has 1 unspecified atom stereocenters. The fourth-order valence-electron chi connectivity index (χ4n) is 1.93. The minimum Gasteiger partial charge on any atom is -0.353 e. The van der Waals surface area contributed by atoms with Gasteiger partial charge in [-0.25, -0.2) is 0 Å². The lowest BCUT2D eigenvalue weighted by Crippen LogP contribution is -2.58. The van der Waals surface area contributed by atoms with Crippen molar-refractivity contribution in [3.8, 4) is 0 Å². The number of carbonyl (C=O) groups is 2. The van der Waals surface area contributed by atoms with Gasteiger partial charge in [-0.2, -0.15) is 0 Å². The maximum atomic E-state index is 12.0. The van der Waals surface area contributed by atoms with Gasteiger partial charge in [-0.1, -0.05) is 28.1 Å². The number of benzene rings is 1. The Balaban J connectivity index is 1.93. The molecule has 1 aliphatic rings. The van der Waals surface area contributed by atoms with Crippen LogP contribution in [0.5, 0.6) is 0 Å². The molecule has 2 rings (SSSR count). The van der Waals surface area contributed by atoms with E-state index < -0.39 is 0 Å². The molecule has 0 aliphatic carbocycles. The van der Waals surface area contributed by atoms with Crippen molar-refractivity contribution in [2.24, 2.45) is 0 Å². The first-order valence-electron chi connectivity index (χ1n) is 6.12. The molecule has 0 spiro atoms. The van der Waals surface area contributed by atoms with E-state index in [9.17, 15) is 9.59 Å². The van der Waals surface area contributed by atoms with Crippen LogP contribution >= 0.6 is 15.9 Å². The van der Waals surface area contributed by atoms with Gasteiger partial charge in [0.1, 0.15) is 6.04 Å². The second kappa shape index (κ2) is 6.16. The van der Waals surface area contributed by atoms with Gasteiger partial charge in [-0.15, -0.1) is 0 Å². The number of halogens is 1. The zero-order valence-corrected chi connectivity index (χ0v) is 12.2. The molecule has 0 radical (unpaired) electrons. The zero-order valence-electron chi connectivity index (χ0n) is 10.6. The fraction of sp³-hybridized carbons (Fsp3) is 0.385. The van der Waals surface area contributed by atoms with Gasteiger partial charge in [0.05, 0.1) is 12.6 Å². The molecule has 1 fully saturated rings. The molecule has 0 bridgehead atoms. The number of hydrogen-bond donors (Lipinski definition) is 3. The molecule has 1 aliphatic heterocycles. The monoisotopic (exact) mass is 325 g/mol. The largest absolute Gasteiger partial charge is 0.353 e. The van der Waals surface area contributed by atoms with Crippen molar-refractivity contribution in [1.82, 2.24) is 16.0 Å². The molecule has 1 heterocycles. The minimum absolute atomic E-state index is 0.0792. The Hall–Kier alpha value is -1.40. The third-order valence-electron chi connectivity index (χ3n) is 3.04. The van der Waals surface area contributed by atoms with Crippen LogP contribution in [0, 0.1) is 0 Å². The Morgan fingerprint density at radius 2 is 2.32 bits per heavy atom. The lowest BCUT2D eigenvalue weighted by Gasteiger charge is -2.25. The molecular weight excluding hydrogens is 310 g/mol. The van der Waals surface area contributed by atoms with Gasteiger partial charge >= 0.3 is 0 Å². The van der Waals surface area contributed by atoms with Crippen LogP contribution in [0.3, 0.4) is 0 Å². The van der Waals surface area contributed by atoms with Crippen molar-refractivity contribution in [3.05, 3.63) is 34.3 Å². The molecule has 0 aromatic heterocycles. The van der Waals surface area contributed by atoms with Crippen LogP contribution in [0.4, 0.5) is 0 Å². The normalized spacial score (nSPS) is 20.5. The van der Waals surface area contributed by atoms with Crippen molar-refractivity contribution in [3.63, 3.8) is 0 Å². The van der Waals surface area contributed by atoms with E-state index in [2.05, 4.69) is 31.9 Å². The summed E-state index contributed by atoms with van der Waals surface area (Å²) in [6.45, 7) is 2.44. The van der Waals surface area contributed by atoms with Gasteiger partial charge in [0.2, 0.25) is 11.8 Å². The first-order chi connectivity index (χ1) is 9.06. The number of rotatable bonds is 3. The Labute approximate surface area is 120 Å². The number of nitrogens with one attached hydrogen (secondary N) is 3. The summed E-state index contributed by atoms with van der Waals surface area (Å²) in [6, 6.07) is 7.36. The van der Waals surface area contributed by atoms with Gasteiger partial charge in [0, 0.05) is 11.0 Å². The van der Waals surface area contributed by atoms with E-state index in [1.54, 1.807) is 0 Å². The zero-order chi connectivity index (χ0) is 13.8. The Bertz CT molecular complexity index is 483. The van der Waals surface area contributed by atoms with Gasteiger partial charge in [-0.05, 0) is 24.6 Å². The summed E-state index contributed by atoms with van der Waals surface area (Å²) >= 11 is 3.41. The van der Waals surface area contributed by atoms with Crippen LogP contribution in [-0.4, -0.2) is 30.9 Å². The van der Waals surface area contributed by atoms with E-state index >= 15 is 0 Å². The Morgan fingerprint density at radius 1 is 1.53 bits per heavy atom. The summed E-state index contributed by atoms with van der Waals surface area (Å²) < 4.78 is 0.981. The molecular formula is C13H16BrN3O2. The lowest BCUT2D eigenvalue weighted by atomic mass is 10.1. The van der Waals surface area contributed by atoms with Crippen LogP contribution in [0.15, 0.2) is 28.7 Å². The summed E-state index contributed by atoms with van der Waals surface area (Å²) in [7, 11) is 0. The number of carbonyl (C=O) groups excluding carboxylic acids is 2. The third-order valence-corrected chi connectivity index (χ3v) is 3.53. The number of hydrogen-bond acceptors (Lipinski definition) is 3. The SMILES string of the molecule is C[C@@H](NC(=O)C1CNC(=O)CN1)c1cccc(Br)c1. The first kappa shape index (κ1) is 14.0. The van der Waals surface area contributed by atoms with Gasteiger partial charge in [-0.3, -0.25) is 14.9 Å². The van der Waals surface area contributed by atoms with Crippen molar-refractivity contribution in [2.45, 2.75) is 19.0 Å². The first-order valence-corrected chi connectivity index (χ1v) is 6.91. The number of amides is 2. The molecule has 6 heteroatoms. The van der Waals surface area contributed by atoms with Gasteiger partial charge in [0.15, 0.2) is 0 Å². The smallest absolute Gasteiger partial charge is 0.239 e. The predicted molar refractivity (Wildman–Crippen MR) is 75.5 cm³/mol. The highest BCUT2D eigenvalue weighted by Gasteiger charge is 2.24. The minimum atomic E-state index is -0.368. The molecule has 1 saturated heterocycles. The van der Waals surface area contributed by atoms with E-state index in [4.69, 9.17) is 0 Å². The Morgan fingerprint density at radius 3 is 2.95 bits per heavy atom. The summed E-state index contributed by atoms with van der Waals surface area (Å²) in [6.07, 6.45) is 0. The summed E-state index contributed by atoms with van der Waals surface area (Å²) in [5, 5.41) is 8.50. The van der Waals surface area contributed by atoms with Crippen molar-refractivity contribution < 1.29 is 9.59 Å². The van der Waals surface area contributed by atoms with Crippen molar-refractivity contribution in [1.29, 1.82) is 0 Å². The van der Waals surface area contributed by atoms with Crippen LogP contribution in [0.2, 0.25) is 0 Å². The molecule has 2 amide bonds. The molecule has 2 atom stereocenters. The van der Waals surface area contributed by atoms with Gasteiger partial charge < -0.3 is 10.6 Å². The topological polar surface area (TPSA) is 70.2 Å². The van der Waals surface area contributed by atoms with E-state index in [1.165, 1.54) is 0 Å². The standard InChI is InChI=1S/C13H16BrN3O2/c1-8(9-3-2-4-10(14)5-9)17-13(19)11-6-16-12(18)7-15-11/h2-5,8,11,15H,6-7H2,1H3,(H,16,18)(H,17,19)/t8-,11?/m1/s1. The lowest BCUT2D eigenvalue weighted by molar-refractivity contribution is -0.127. The highest BCUT2D eigenvalue weighted by atomic mass is 79.9. The molecule has 1 aromatic carbocycles. The summed E-state index contributed by atoms with van der Waals surface area (Å²) in [5.41, 5.74) is 1.03. The molecule has 0 saturated carbocycles. The molecule has 5 nitrogen and oxygen atoms in total. The summed E-state index contributed by atoms with van der Waals surface area (Å²) in [4.78, 5) is 23.0. The maximum Gasteiger partial charge on any atom is 0.239 e. The Kier molecular flexibility index (Phi) is 4.55. The average molecular weight is 326 g/mol. The van der Waals surface area contributed by atoms with Gasteiger partial charge in [0.25, 0.3) is 0 Å². The highest BCUT2D eigenvalue weighted by Crippen LogP contribution is 2.17. The summed E-state index contributed by atoms with van der Waals surface area (Å²) in [5.74, 6) is -0.184. The molecule has 102 valence electrons. The predicted octanol–water partition coefficient (Wildman–Crippen LogP) is 0.714. The quantitative estimate of drug-likeness (QED) is 0.766. The maximum absolute atomic E-state index is 12.0. The second-order valence-corrected chi connectivity index (χ2v) is 5.44. The number of piperazine rings is 1. The third kappa shape index (κ3) is 3.78. The van der Waals surface area contributed by atoms with Crippen molar-refractivity contribution >= 4 is 27.7 Å². The van der Waals surface area contributed by atoms with Crippen LogP contribution < -0.4 is 16.0 Å². The van der Waals surface area contributed by atoms with Crippen LogP contribution in [0.25, 0.3) is 0 Å². The van der Waals surface area contributed by atoms with E-state index in [0.717, 1.165) is 10.0 Å². The molecule has 19 heavy (non-hydrogen) atoms. The molecule has 1 aromatic rings. The van der Waals surface area contributed by atoms with Crippen molar-refractivity contribution in [2.75, 3.05) is 13.1 Å². The van der Waals surface area contributed by atoms with E-state index in [1.807, 2.05) is 31.2 Å². The average Bonchev–Trinajstić information content (AvgIpc) is 2.39. The molecule has 3 N–H and O–H groups in total. The van der Waals surface area contributed by atoms with Crippen LogP contribution in [-0.2, 0) is 9.59 Å². The highest BCUT2D eigenvalue weighted by molar-refractivity contribution is 9.10. The fourth-order valence-corrected chi connectivity index (χ4v) is 2.34. The van der Waals surface area contributed by atoms with E-state index in [-0.39, 0.29) is 30.4 Å². The second-order valence-electron chi connectivity index (χ2n) is 4.52. The van der Waals surface area contributed by atoms with Crippen LogP contribution in [0.1, 0.15) is 18.5 Å².